The molecule has 0 saturated carbocycles. The van der Waals surface area contributed by atoms with E-state index in [1.165, 1.54) is 5.56 Å². The molecule has 0 unspecified atom stereocenters. The van der Waals surface area contributed by atoms with Crippen LogP contribution in [0.4, 0.5) is 0 Å². The molecule has 0 aromatic heterocycles. The molecule has 0 bridgehead atoms. The Morgan fingerprint density at radius 1 is 1.10 bits per heavy atom. The van der Waals surface area contributed by atoms with Gasteiger partial charge in [-0.2, -0.15) is 0 Å². The largest absolute Gasteiger partial charge is 0.351 e. The van der Waals surface area contributed by atoms with E-state index in [1.807, 2.05) is 0 Å². The fraction of sp³-hybridized carbons (Fsp3) is 0.562. The van der Waals surface area contributed by atoms with E-state index in [0.717, 1.165) is 38.3 Å². The first-order valence-electron chi connectivity index (χ1n) is 7.44. The summed E-state index contributed by atoms with van der Waals surface area (Å²) in [4.78, 5) is 16.6. The monoisotopic (exact) mass is 275 g/mol. The third-order valence-electron chi connectivity index (χ3n) is 3.89. The van der Waals surface area contributed by atoms with Gasteiger partial charge >= 0.3 is 0 Å². The lowest BCUT2D eigenvalue weighted by molar-refractivity contribution is -0.122. The summed E-state index contributed by atoms with van der Waals surface area (Å²) in [5.41, 5.74) is 2.40. The molecule has 1 aliphatic rings. The number of nitrogens with zero attached hydrogens (tertiary/aromatic N) is 2. The van der Waals surface area contributed by atoms with Gasteiger partial charge in [0, 0.05) is 32.7 Å². The van der Waals surface area contributed by atoms with Crippen LogP contribution in [0.1, 0.15) is 18.1 Å². The highest BCUT2D eigenvalue weighted by atomic mass is 16.2. The second kappa shape index (κ2) is 7.41. The fourth-order valence-corrected chi connectivity index (χ4v) is 2.43. The molecule has 1 saturated heterocycles. The zero-order valence-electron chi connectivity index (χ0n) is 12.6. The van der Waals surface area contributed by atoms with E-state index in [9.17, 15) is 4.79 Å². The smallest absolute Gasteiger partial charge is 0.234 e. The van der Waals surface area contributed by atoms with Crippen LogP contribution < -0.4 is 5.32 Å². The Balaban J connectivity index is 1.69. The van der Waals surface area contributed by atoms with Crippen LogP contribution in [0.2, 0.25) is 0 Å². The van der Waals surface area contributed by atoms with Crippen molar-refractivity contribution in [1.82, 2.24) is 15.1 Å². The molecule has 2 rings (SSSR count). The van der Waals surface area contributed by atoms with Crippen molar-refractivity contribution < 1.29 is 4.79 Å². The van der Waals surface area contributed by atoms with Gasteiger partial charge in [-0.25, -0.2) is 0 Å². The lowest BCUT2D eigenvalue weighted by Gasteiger charge is -2.33. The minimum Gasteiger partial charge on any atom is -0.351 e. The Kier molecular flexibility index (Phi) is 5.56. The zero-order valence-corrected chi connectivity index (χ0v) is 12.6. The van der Waals surface area contributed by atoms with E-state index in [1.54, 1.807) is 0 Å². The Bertz CT molecular complexity index is 422. The van der Waals surface area contributed by atoms with E-state index in [-0.39, 0.29) is 5.91 Å². The van der Waals surface area contributed by atoms with E-state index in [2.05, 4.69) is 53.2 Å². The van der Waals surface area contributed by atoms with Gasteiger partial charge in [-0.3, -0.25) is 9.69 Å². The SMILES string of the molecule is CCN1CCN(CC(=O)NCc2ccc(C)cc2)CC1. The zero-order chi connectivity index (χ0) is 14.4. The average molecular weight is 275 g/mol. The number of carbonyl (C=O) groups is 1. The van der Waals surface area contributed by atoms with Gasteiger partial charge in [-0.1, -0.05) is 36.8 Å². The maximum absolute atomic E-state index is 11.9. The molecule has 20 heavy (non-hydrogen) atoms. The lowest BCUT2D eigenvalue weighted by atomic mass is 10.1. The summed E-state index contributed by atoms with van der Waals surface area (Å²) in [7, 11) is 0. The van der Waals surface area contributed by atoms with Gasteiger partial charge in [0.15, 0.2) is 0 Å². The predicted octanol–water partition coefficient (Wildman–Crippen LogP) is 1.25. The normalized spacial score (nSPS) is 17.1. The van der Waals surface area contributed by atoms with Crippen LogP contribution in [0.5, 0.6) is 0 Å². The van der Waals surface area contributed by atoms with Crippen molar-refractivity contribution >= 4 is 5.91 Å². The highest BCUT2D eigenvalue weighted by molar-refractivity contribution is 5.78. The van der Waals surface area contributed by atoms with Crippen LogP contribution in [-0.2, 0) is 11.3 Å². The summed E-state index contributed by atoms with van der Waals surface area (Å²) in [6, 6.07) is 8.28. The van der Waals surface area contributed by atoms with Crippen molar-refractivity contribution in [2.75, 3.05) is 39.3 Å². The first kappa shape index (κ1) is 15.0. The van der Waals surface area contributed by atoms with Gasteiger partial charge in [0.05, 0.1) is 6.54 Å². The predicted molar refractivity (Wildman–Crippen MR) is 81.6 cm³/mol. The van der Waals surface area contributed by atoms with Crippen LogP contribution in [-0.4, -0.2) is 55.0 Å². The highest BCUT2D eigenvalue weighted by Gasteiger charge is 2.17. The molecule has 0 aliphatic carbocycles. The van der Waals surface area contributed by atoms with Crippen LogP contribution in [0, 0.1) is 6.92 Å². The Morgan fingerprint density at radius 3 is 2.30 bits per heavy atom. The third-order valence-corrected chi connectivity index (χ3v) is 3.89. The molecule has 4 nitrogen and oxygen atoms in total. The molecule has 0 spiro atoms. The van der Waals surface area contributed by atoms with E-state index in [0.29, 0.717) is 13.1 Å². The van der Waals surface area contributed by atoms with Crippen molar-refractivity contribution in [2.45, 2.75) is 20.4 Å². The molecule has 1 aromatic rings. The standard InChI is InChI=1S/C16H25N3O/c1-3-18-8-10-19(11-9-18)13-16(20)17-12-15-6-4-14(2)5-7-15/h4-7H,3,8-13H2,1-2H3,(H,17,20). The molecular formula is C16H25N3O. The molecule has 0 radical (unpaired) electrons. The number of benzene rings is 1. The molecule has 1 fully saturated rings. The van der Waals surface area contributed by atoms with E-state index >= 15 is 0 Å². The fourth-order valence-electron chi connectivity index (χ4n) is 2.43. The van der Waals surface area contributed by atoms with Crippen LogP contribution in [0.15, 0.2) is 24.3 Å². The van der Waals surface area contributed by atoms with Gasteiger partial charge in [0.1, 0.15) is 0 Å². The number of amides is 1. The second-order valence-electron chi connectivity index (χ2n) is 5.47. The number of aryl methyl sites for hydroxylation is 1. The molecule has 4 heteroatoms. The first-order valence-corrected chi connectivity index (χ1v) is 7.44. The highest BCUT2D eigenvalue weighted by Crippen LogP contribution is 2.03. The molecule has 0 atom stereocenters. The number of piperazine rings is 1. The maximum Gasteiger partial charge on any atom is 0.234 e. The molecule has 110 valence electrons. The number of nitrogens with one attached hydrogen (secondary N) is 1. The van der Waals surface area contributed by atoms with Crippen molar-refractivity contribution in [3.63, 3.8) is 0 Å². The van der Waals surface area contributed by atoms with Crippen molar-refractivity contribution in [3.8, 4) is 0 Å². The minimum absolute atomic E-state index is 0.121. The van der Waals surface area contributed by atoms with Crippen molar-refractivity contribution in [2.24, 2.45) is 0 Å². The second-order valence-corrected chi connectivity index (χ2v) is 5.47. The van der Waals surface area contributed by atoms with Gasteiger partial charge in [0.2, 0.25) is 5.91 Å². The number of carbonyl (C=O) groups excluding carboxylic acids is 1. The van der Waals surface area contributed by atoms with Gasteiger partial charge in [-0.15, -0.1) is 0 Å². The van der Waals surface area contributed by atoms with Crippen molar-refractivity contribution in [1.29, 1.82) is 0 Å². The minimum atomic E-state index is 0.121. The van der Waals surface area contributed by atoms with Crippen LogP contribution in [0.3, 0.4) is 0 Å². The summed E-state index contributed by atoms with van der Waals surface area (Å²) in [6.45, 7) is 10.6. The summed E-state index contributed by atoms with van der Waals surface area (Å²) in [5, 5.41) is 3.00. The quantitative estimate of drug-likeness (QED) is 0.878. The van der Waals surface area contributed by atoms with E-state index < -0.39 is 0 Å². The van der Waals surface area contributed by atoms with Gasteiger partial charge in [0.25, 0.3) is 0 Å². The van der Waals surface area contributed by atoms with Gasteiger partial charge in [-0.05, 0) is 19.0 Å². The topological polar surface area (TPSA) is 35.6 Å². The Morgan fingerprint density at radius 2 is 1.70 bits per heavy atom. The number of rotatable bonds is 5. The maximum atomic E-state index is 11.9. The molecule has 1 N–H and O–H groups in total. The summed E-state index contributed by atoms with van der Waals surface area (Å²) < 4.78 is 0. The van der Waals surface area contributed by atoms with Gasteiger partial charge < -0.3 is 10.2 Å². The van der Waals surface area contributed by atoms with Crippen LogP contribution >= 0.6 is 0 Å². The molecule has 1 amide bonds. The summed E-state index contributed by atoms with van der Waals surface area (Å²) in [5.74, 6) is 0.121. The first-order chi connectivity index (χ1) is 9.67. The lowest BCUT2D eigenvalue weighted by Crippen LogP contribution is -2.49. The molecule has 1 aliphatic heterocycles. The Labute approximate surface area is 121 Å². The number of likely N-dealkylation sites (N-methyl/N-ethyl adjacent to an activating group) is 1. The summed E-state index contributed by atoms with van der Waals surface area (Å²) in [6.07, 6.45) is 0. The Hall–Kier alpha value is -1.39. The van der Waals surface area contributed by atoms with Crippen LogP contribution in [0.25, 0.3) is 0 Å². The number of hydrogen-bond acceptors (Lipinski definition) is 3. The van der Waals surface area contributed by atoms with Crippen molar-refractivity contribution in [3.05, 3.63) is 35.4 Å². The molecule has 1 heterocycles. The van der Waals surface area contributed by atoms with E-state index in [4.69, 9.17) is 0 Å². The summed E-state index contributed by atoms with van der Waals surface area (Å²) >= 11 is 0. The third kappa shape index (κ3) is 4.62. The molecule has 1 aromatic carbocycles. The molecular weight excluding hydrogens is 250 g/mol. The number of hydrogen-bond donors (Lipinski definition) is 1. The average Bonchev–Trinajstić information content (AvgIpc) is 2.47.